The summed E-state index contributed by atoms with van der Waals surface area (Å²) in [4.78, 5) is 24.6. The summed E-state index contributed by atoms with van der Waals surface area (Å²) in [5.41, 5.74) is 0.424. The highest BCUT2D eigenvalue weighted by Crippen LogP contribution is 2.19. The monoisotopic (exact) mass is 431 g/mol. The van der Waals surface area contributed by atoms with Gasteiger partial charge in [0.1, 0.15) is 6.54 Å². The fraction of sp³-hybridized carbons (Fsp3) is 0.263. The SMILES string of the molecule is CCN(CC)S(=O)(=O)c1cccc(NC(=O)Cn2cc(-c3nnco3)ccc2=O)c1. The van der Waals surface area contributed by atoms with Crippen molar-refractivity contribution in [3.63, 3.8) is 0 Å². The molecule has 3 aromatic rings. The molecule has 0 bridgehead atoms. The largest absolute Gasteiger partial charge is 0.423 e. The molecule has 2 aromatic heterocycles. The summed E-state index contributed by atoms with van der Waals surface area (Å²) in [7, 11) is -3.65. The predicted molar refractivity (Wildman–Crippen MR) is 109 cm³/mol. The van der Waals surface area contributed by atoms with Crippen molar-refractivity contribution in [2.45, 2.75) is 25.3 Å². The predicted octanol–water partition coefficient (Wildman–Crippen LogP) is 1.57. The van der Waals surface area contributed by atoms with Gasteiger partial charge in [-0.15, -0.1) is 10.2 Å². The van der Waals surface area contributed by atoms with Gasteiger partial charge in [0.05, 0.1) is 10.5 Å². The summed E-state index contributed by atoms with van der Waals surface area (Å²) in [6.07, 6.45) is 2.60. The van der Waals surface area contributed by atoms with Gasteiger partial charge in [-0.3, -0.25) is 9.59 Å². The molecule has 0 aliphatic heterocycles. The normalized spacial score (nSPS) is 11.6. The number of aromatic nitrogens is 3. The molecule has 2 heterocycles. The maximum absolute atomic E-state index is 12.7. The highest BCUT2D eigenvalue weighted by atomic mass is 32.2. The zero-order valence-electron chi connectivity index (χ0n) is 16.5. The number of nitrogens with one attached hydrogen (secondary N) is 1. The van der Waals surface area contributed by atoms with Crippen LogP contribution in [-0.2, 0) is 21.4 Å². The Morgan fingerprint density at radius 2 is 1.97 bits per heavy atom. The lowest BCUT2D eigenvalue weighted by Gasteiger charge is -2.19. The van der Waals surface area contributed by atoms with E-state index in [1.807, 2.05) is 0 Å². The number of rotatable bonds is 8. The molecule has 3 rings (SSSR count). The van der Waals surface area contributed by atoms with E-state index in [-0.39, 0.29) is 22.9 Å². The molecule has 30 heavy (non-hydrogen) atoms. The minimum Gasteiger partial charge on any atom is -0.423 e. The summed E-state index contributed by atoms with van der Waals surface area (Å²) in [5, 5.41) is 9.98. The van der Waals surface area contributed by atoms with Crippen molar-refractivity contribution >= 4 is 21.6 Å². The number of sulfonamides is 1. The molecule has 0 radical (unpaired) electrons. The zero-order valence-corrected chi connectivity index (χ0v) is 17.3. The molecule has 0 saturated carbocycles. The summed E-state index contributed by atoms with van der Waals surface area (Å²) in [6.45, 7) is 3.93. The van der Waals surface area contributed by atoms with Crippen molar-refractivity contribution in [2.75, 3.05) is 18.4 Å². The lowest BCUT2D eigenvalue weighted by molar-refractivity contribution is -0.116. The molecule has 0 aliphatic rings. The van der Waals surface area contributed by atoms with Crippen LogP contribution in [0.1, 0.15) is 13.8 Å². The summed E-state index contributed by atoms with van der Waals surface area (Å²) < 4.78 is 33.0. The average Bonchev–Trinajstić information content (AvgIpc) is 3.25. The van der Waals surface area contributed by atoms with Gasteiger partial charge >= 0.3 is 0 Å². The van der Waals surface area contributed by atoms with Crippen LogP contribution in [0.25, 0.3) is 11.5 Å². The number of anilines is 1. The molecule has 0 fully saturated rings. The van der Waals surface area contributed by atoms with Gasteiger partial charge in [0.2, 0.25) is 28.2 Å². The molecule has 10 nitrogen and oxygen atoms in total. The molecule has 158 valence electrons. The van der Waals surface area contributed by atoms with E-state index in [2.05, 4.69) is 15.5 Å². The van der Waals surface area contributed by atoms with Crippen molar-refractivity contribution in [3.05, 3.63) is 59.3 Å². The highest BCUT2D eigenvalue weighted by Gasteiger charge is 2.22. The number of pyridine rings is 1. The van der Waals surface area contributed by atoms with Gasteiger partial charge in [0.15, 0.2) is 0 Å². The molecule has 0 unspecified atom stereocenters. The van der Waals surface area contributed by atoms with E-state index in [0.29, 0.717) is 24.3 Å². The van der Waals surface area contributed by atoms with Gasteiger partial charge in [-0.2, -0.15) is 4.31 Å². The van der Waals surface area contributed by atoms with Crippen molar-refractivity contribution < 1.29 is 17.6 Å². The first-order chi connectivity index (χ1) is 14.3. The van der Waals surface area contributed by atoms with Gasteiger partial charge in [-0.1, -0.05) is 19.9 Å². The molecule has 0 atom stereocenters. The number of carbonyl (C=O) groups excluding carboxylic acids is 1. The minimum absolute atomic E-state index is 0.0829. The number of carbonyl (C=O) groups is 1. The number of nitrogens with zero attached hydrogens (tertiary/aromatic N) is 4. The van der Waals surface area contributed by atoms with Crippen LogP contribution in [-0.4, -0.2) is 46.5 Å². The number of hydrogen-bond acceptors (Lipinski definition) is 7. The second kappa shape index (κ2) is 9.01. The third-order valence-electron chi connectivity index (χ3n) is 4.37. The number of amides is 1. The second-order valence-electron chi connectivity index (χ2n) is 6.29. The molecule has 11 heteroatoms. The van der Waals surface area contributed by atoms with Crippen molar-refractivity contribution in [1.29, 1.82) is 0 Å². The maximum atomic E-state index is 12.7. The van der Waals surface area contributed by atoms with Crippen LogP contribution in [0.5, 0.6) is 0 Å². The Labute approximate surface area is 173 Å². The zero-order chi connectivity index (χ0) is 21.7. The second-order valence-corrected chi connectivity index (χ2v) is 8.23. The molecule has 0 saturated heterocycles. The van der Waals surface area contributed by atoms with E-state index in [4.69, 9.17) is 4.42 Å². The maximum Gasteiger partial charge on any atom is 0.251 e. The van der Waals surface area contributed by atoms with Gasteiger partial charge in [-0.05, 0) is 24.3 Å². The minimum atomic E-state index is -3.65. The fourth-order valence-electron chi connectivity index (χ4n) is 2.88. The lowest BCUT2D eigenvalue weighted by atomic mass is 10.3. The Kier molecular flexibility index (Phi) is 6.43. The van der Waals surface area contributed by atoms with Crippen LogP contribution in [0.2, 0.25) is 0 Å². The first kappa shape index (κ1) is 21.4. The van der Waals surface area contributed by atoms with E-state index in [9.17, 15) is 18.0 Å². The lowest BCUT2D eigenvalue weighted by Crippen LogP contribution is -2.30. The topological polar surface area (TPSA) is 127 Å². The van der Waals surface area contributed by atoms with Gasteiger partial charge in [-0.25, -0.2) is 8.42 Å². The molecular formula is C19H21N5O5S. The standard InChI is InChI=1S/C19H21N5O5S/c1-3-24(4-2)30(27,28)16-7-5-6-15(10-16)21-17(25)12-23-11-14(8-9-18(23)26)19-22-20-13-29-19/h5-11,13H,3-4,12H2,1-2H3,(H,21,25). The Balaban J connectivity index is 1.78. The van der Waals surface area contributed by atoms with Crippen LogP contribution >= 0.6 is 0 Å². The van der Waals surface area contributed by atoms with Gasteiger partial charge in [0, 0.05) is 31.0 Å². The summed E-state index contributed by atoms with van der Waals surface area (Å²) in [5.74, 6) is -0.268. The number of hydrogen-bond donors (Lipinski definition) is 1. The highest BCUT2D eigenvalue weighted by molar-refractivity contribution is 7.89. The van der Waals surface area contributed by atoms with Crippen LogP contribution in [0, 0.1) is 0 Å². The van der Waals surface area contributed by atoms with E-state index in [0.717, 1.165) is 6.39 Å². The average molecular weight is 431 g/mol. The van der Waals surface area contributed by atoms with Gasteiger partial charge < -0.3 is 14.3 Å². The van der Waals surface area contributed by atoms with E-state index >= 15 is 0 Å². The Morgan fingerprint density at radius 3 is 2.63 bits per heavy atom. The molecule has 1 aromatic carbocycles. The number of benzene rings is 1. The van der Waals surface area contributed by atoms with E-state index in [1.54, 1.807) is 26.0 Å². The molecule has 0 aliphatic carbocycles. The van der Waals surface area contributed by atoms with Gasteiger partial charge in [0.25, 0.3) is 5.56 Å². The molecule has 1 N–H and O–H groups in total. The van der Waals surface area contributed by atoms with E-state index < -0.39 is 15.9 Å². The quantitative estimate of drug-likeness (QED) is 0.573. The van der Waals surface area contributed by atoms with Crippen molar-refractivity contribution in [1.82, 2.24) is 19.1 Å². The van der Waals surface area contributed by atoms with Crippen LogP contribution in [0.4, 0.5) is 5.69 Å². The van der Waals surface area contributed by atoms with Crippen molar-refractivity contribution in [3.8, 4) is 11.5 Å². The fourth-order valence-corrected chi connectivity index (χ4v) is 4.39. The van der Waals surface area contributed by atoms with E-state index in [1.165, 1.54) is 39.3 Å². The summed E-state index contributed by atoms with van der Waals surface area (Å²) in [6, 6.07) is 8.81. The first-order valence-electron chi connectivity index (χ1n) is 9.22. The van der Waals surface area contributed by atoms with Crippen LogP contribution in [0.15, 0.2) is 63.1 Å². The molecular weight excluding hydrogens is 410 g/mol. The van der Waals surface area contributed by atoms with Crippen LogP contribution < -0.4 is 10.9 Å². The third-order valence-corrected chi connectivity index (χ3v) is 6.41. The smallest absolute Gasteiger partial charge is 0.251 e. The third kappa shape index (κ3) is 4.63. The Hall–Kier alpha value is -3.31. The Bertz CT molecular complexity index is 1180. The molecule has 0 spiro atoms. The first-order valence-corrected chi connectivity index (χ1v) is 10.7. The Morgan fingerprint density at radius 1 is 1.20 bits per heavy atom. The molecule has 1 amide bonds. The van der Waals surface area contributed by atoms with Crippen molar-refractivity contribution in [2.24, 2.45) is 0 Å². The van der Waals surface area contributed by atoms with Crippen LogP contribution in [0.3, 0.4) is 0 Å². The summed E-state index contributed by atoms with van der Waals surface area (Å²) >= 11 is 0.